The molecule has 0 amide bonds. The van der Waals surface area contributed by atoms with E-state index in [9.17, 15) is 8.42 Å². The van der Waals surface area contributed by atoms with Gasteiger partial charge in [-0.2, -0.15) is 0 Å². The summed E-state index contributed by atoms with van der Waals surface area (Å²) in [5.74, 6) is 0.904. The number of sulfone groups is 1. The summed E-state index contributed by atoms with van der Waals surface area (Å²) in [4.78, 5) is 12.6. The molecule has 2 aromatic heterocycles. The molecule has 2 aromatic carbocycles. The average Bonchev–Trinajstić information content (AvgIpc) is 3.20. The Balaban J connectivity index is 1.75. The Hall–Kier alpha value is -2.72. The molecular weight excluding hydrogens is 495 g/mol. The predicted molar refractivity (Wildman–Crippen MR) is 135 cm³/mol. The maximum Gasteiger partial charge on any atom is 0.172 e. The molecule has 4 aromatic rings. The van der Waals surface area contributed by atoms with Crippen molar-refractivity contribution in [2.75, 3.05) is 24.7 Å². The lowest BCUT2D eigenvalue weighted by Crippen LogP contribution is -2.56. The SMILES string of the molecule is CS(=O)(=O)[C@]1(Nc2ncnc3c2nc(-c2ccccc2Cl)n3-c2ccc(Cl)cc2)CCCNC1. The van der Waals surface area contributed by atoms with Gasteiger partial charge in [-0.15, -0.1) is 0 Å². The second kappa shape index (κ2) is 8.81. The number of nitrogens with zero attached hydrogens (tertiary/aromatic N) is 4. The molecule has 1 saturated heterocycles. The van der Waals surface area contributed by atoms with Crippen molar-refractivity contribution in [3.8, 4) is 17.1 Å². The van der Waals surface area contributed by atoms with E-state index < -0.39 is 14.7 Å². The van der Waals surface area contributed by atoms with Gasteiger partial charge in [0.1, 0.15) is 12.2 Å². The Morgan fingerprint density at radius 2 is 1.85 bits per heavy atom. The maximum atomic E-state index is 12.8. The van der Waals surface area contributed by atoms with Crippen LogP contribution >= 0.6 is 23.2 Å². The molecule has 0 spiro atoms. The van der Waals surface area contributed by atoms with Gasteiger partial charge in [-0.3, -0.25) is 4.57 Å². The third-order valence-electron chi connectivity index (χ3n) is 6.04. The number of hydrogen-bond acceptors (Lipinski definition) is 7. The first kappa shape index (κ1) is 23.0. The van der Waals surface area contributed by atoms with Crippen molar-refractivity contribution < 1.29 is 8.42 Å². The summed E-state index contributed by atoms with van der Waals surface area (Å²) in [7, 11) is -3.48. The van der Waals surface area contributed by atoms with Crippen LogP contribution in [0.5, 0.6) is 0 Å². The molecular formula is C23H22Cl2N6O2S. The summed E-state index contributed by atoms with van der Waals surface area (Å²) in [5, 5.41) is 7.53. The van der Waals surface area contributed by atoms with E-state index in [0.29, 0.717) is 44.8 Å². The smallest absolute Gasteiger partial charge is 0.172 e. The summed E-state index contributed by atoms with van der Waals surface area (Å²) in [5.41, 5.74) is 2.45. The predicted octanol–water partition coefficient (Wildman–Crippen LogP) is 4.33. The summed E-state index contributed by atoms with van der Waals surface area (Å²) in [6.07, 6.45) is 3.83. The normalized spacial score (nSPS) is 18.8. The van der Waals surface area contributed by atoms with Crippen molar-refractivity contribution in [1.82, 2.24) is 24.8 Å². The number of benzene rings is 2. The van der Waals surface area contributed by atoms with Crippen molar-refractivity contribution in [1.29, 1.82) is 0 Å². The number of halogens is 2. The van der Waals surface area contributed by atoms with E-state index in [0.717, 1.165) is 18.7 Å². The molecule has 1 aliphatic heterocycles. The van der Waals surface area contributed by atoms with Crippen LogP contribution in [0.1, 0.15) is 12.8 Å². The summed E-state index contributed by atoms with van der Waals surface area (Å²) in [6.45, 7) is 1.03. The Labute approximate surface area is 207 Å². The summed E-state index contributed by atoms with van der Waals surface area (Å²) < 4.78 is 27.5. The standard InChI is InChI=1S/C23H22Cl2N6O2S/c1-34(32,33)23(11-4-12-26-13-23)30-20-19-22(28-14-27-20)31(16-9-7-15(24)8-10-16)21(29-19)17-5-2-3-6-18(17)25/h2-3,5-10,14,26H,4,11-13H2,1H3,(H,27,28,30)/t23-/m1/s1. The highest BCUT2D eigenvalue weighted by molar-refractivity contribution is 7.92. The fraction of sp³-hybridized carbons (Fsp3) is 0.261. The van der Waals surface area contributed by atoms with Gasteiger partial charge in [-0.1, -0.05) is 35.3 Å². The quantitative estimate of drug-likeness (QED) is 0.407. The molecule has 5 rings (SSSR count). The second-order valence-electron chi connectivity index (χ2n) is 8.29. The van der Waals surface area contributed by atoms with Crippen molar-refractivity contribution in [3.63, 3.8) is 0 Å². The first-order chi connectivity index (χ1) is 16.3. The highest BCUT2D eigenvalue weighted by atomic mass is 35.5. The van der Waals surface area contributed by atoms with Gasteiger partial charge in [0.05, 0.1) is 5.02 Å². The van der Waals surface area contributed by atoms with Gasteiger partial charge in [0.2, 0.25) is 0 Å². The molecule has 0 bridgehead atoms. The third kappa shape index (κ3) is 4.02. The maximum absolute atomic E-state index is 12.8. The number of imidazole rings is 1. The van der Waals surface area contributed by atoms with E-state index >= 15 is 0 Å². The van der Waals surface area contributed by atoms with Crippen molar-refractivity contribution >= 4 is 50.0 Å². The fourth-order valence-corrected chi connectivity index (χ4v) is 5.76. The van der Waals surface area contributed by atoms with E-state index in [-0.39, 0.29) is 6.54 Å². The molecule has 0 aliphatic carbocycles. The van der Waals surface area contributed by atoms with Crippen LogP contribution in [0.15, 0.2) is 54.9 Å². The van der Waals surface area contributed by atoms with Gasteiger partial charge >= 0.3 is 0 Å². The van der Waals surface area contributed by atoms with Gasteiger partial charge in [0.15, 0.2) is 31.7 Å². The van der Waals surface area contributed by atoms with Gasteiger partial charge in [0, 0.05) is 29.1 Å². The molecule has 1 aliphatic rings. The molecule has 1 fully saturated rings. The molecule has 1 atom stereocenters. The first-order valence-corrected chi connectivity index (χ1v) is 13.4. The Kier molecular flexibility index (Phi) is 5.97. The Morgan fingerprint density at radius 3 is 2.53 bits per heavy atom. The molecule has 34 heavy (non-hydrogen) atoms. The van der Waals surface area contributed by atoms with Crippen LogP contribution in [0, 0.1) is 0 Å². The first-order valence-electron chi connectivity index (χ1n) is 10.7. The Bertz CT molecular complexity index is 1460. The van der Waals surface area contributed by atoms with Crippen molar-refractivity contribution in [2.24, 2.45) is 0 Å². The van der Waals surface area contributed by atoms with E-state index in [1.807, 2.05) is 34.9 Å². The molecule has 3 heterocycles. The van der Waals surface area contributed by atoms with Crippen LogP contribution in [-0.2, 0) is 9.84 Å². The molecule has 11 heteroatoms. The van der Waals surface area contributed by atoms with Crippen LogP contribution < -0.4 is 10.6 Å². The minimum atomic E-state index is -3.48. The van der Waals surface area contributed by atoms with Crippen LogP contribution in [-0.4, -0.2) is 52.2 Å². The van der Waals surface area contributed by atoms with Gasteiger partial charge in [-0.05, 0) is 55.8 Å². The number of nitrogens with one attached hydrogen (secondary N) is 2. The second-order valence-corrected chi connectivity index (χ2v) is 11.5. The minimum Gasteiger partial charge on any atom is -0.348 e. The molecule has 2 N–H and O–H groups in total. The fourth-order valence-electron chi connectivity index (χ4n) is 4.25. The van der Waals surface area contributed by atoms with Crippen LogP contribution in [0.4, 0.5) is 5.82 Å². The van der Waals surface area contributed by atoms with E-state index in [4.69, 9.17) is 28.2 Å². The number of rotatable bonds is 5. The number of fused-ring (bicyclic) bond motifs is 1. The van der Waals surface area contributed by atoms with Crippen molar-refractivity contribution in [2.45, 2.75) is 17.7 Å². The number of piperidine rings is 1. The molecule has 0 radical (unpaired) electrons. The number of anilines is 1. The zero-order chi connectivity index (χ0) is 23.9. The topological polar surface area (TPSA) is 102 Å². The highest BCUT2D eigenvalue weighted by Gasteiger charge is 2.43. The molecule has 8 nitrogen and oxygen atoms in total. The molecule has 176 valence electrons. The average molecular weight is 517 g/mol. The highest BCUT2D eigenvalue weighted by Crippen LogP contribution is 2.35. The Morgan fingerprint density at radius 1 is 1.09 bits per heavy atom. The lowest BCUT2D eigenvalue weighted by Gasteiger charge is -2.37. The minimum absolute atomic E-state index is 0.270. The lowest BCUT2D eigenvalue weighted by atomic mass is 10.1. The zero-order valence-electron chi connectivity index (χ0n) is 18.3. The zero-order valence-corrected chi connectivity index (χ0v) is 20.6. The van der Waals surface area contributed by atoms with E-state index in [1.54, 1.807) is 18.2 Å². The third-order valence-corrected chi connectivity index (χ3v) is 8.50. The molecule has 0 saturated carbocycles. The van der Waals surface area contributed by atoms with E-state index in [1.165, 1.54) is 12.6 Å². The van der Waals surface area contributed by atoms with Crippen LogP contribution in [0.2, 0.25) is 10.0 Å². The van der Waals surface area contributed by atoms with Gasteiger partial charge in [-0.25, -0.2) is 23.4 Å². The van der Waals surface area contributed by atoms with Crippen LogP contribution in [0.3, 0.4) is 0 Å². The van der Waals surface area contributed by atoms with Gasteiger partial charge < -0.3 is 10.6 Å². The summed E-state index contributed by atoms with van der Waals surface area (Å²) in [6, 6.07) is 14.7. The number of aromatic nitrogens is 4. The molecule has 0 unspecified atom stereocenters. The van der Waals surface area contributed by atoms with E-state index in [2.05, 4.69) is 20.6 Å². The monoisotopic (exact) mass is 516 g/mol. The summed E-state index contributed by atoms with van der Waals surface area (Å²) >= 11 is 12.7. The lowest BCUT2D eigenvalue weighted by molar-refractivity contribution is 0.421. The number of hydrogen-bond donors (Lipinski definition) is 2. The van der Waals surface area contributed by atoms with Crippen molar-refractivity contribution in [3.05, 3.63) is 64.9 Å². The van der Waals surface area contributed by atoms with Crippen LogP contribution in [0.25, 0.3) is 28.2 Å². The largest absolute Gasteiger partial charge is 0.348 e. The van der Waals surface area contributed by atoms with Gasteiger partial charge in [0.25, 0.3) is 0 Å².